The van der Waals surface area contributed by atoms with Gasteiger partial charge < -0.3 is 5.32 Å². The lowest BCUT2D eigenvalue weighted by atomic mass is 9.84. The van der Waals surface area contributed by atoms with Gasteiger partial charge in [-0.25, -0.2) is 0 Å². The summed E-state index contributed by atoms with van der Waals surface area (Å²) in [4.78, 5) is 4.44. The Morgan fingerprint density at radius 2 is 2.00 bits per heavy atom. The normalized spacial score (nSPS) is 25.5. The molecule has 1 aromatic carbocycles. The van der Waals surface area contributed by atoms with Crippen molar-refractivity contribution in [3.05, 3.63) is 120 Å². The molecule has 0 aromatic heterocycles. The number of nitrogens with one attached hydrogen (secondary N) is 2. The van der Waals surface area contributed by atoms with Crippen molar-refractivity contribution >= 4 is 6.21 Å². The van der Waals surface area contributed by atoms with E-state index in [0.717, 1.165) is 12.1 Å². The van der Waals surface area contributed by atoms with Crippen LogP contribution in [0, 0.1) is 5.92 Å². The van der Waals surface area contributed by atoms with Gasteiger partial charge in [-0.2, -0.15) is 0 Å². The molecule has 3 nitrogen and oxygen atoms in total. The molecule has 1 heterocycles. The number of rotatable bonds is 6. The van der Waals surface area contributed by atoms with Crippen molar-refractivity contribution in [3.8, 4) is 0 Å². The zero-order valence-electron chi connectivity index (χ0n) is 16.5. The Hall–Kier alpha value is -3.17. The van der Waals surface area contributed by atoms with Gasteiger partial charge in [-0.1, -0.05) is 85.0 Å². The van der Waals surface area contributed by atoms with Gasteiger partial charge in [-0.15, -0.1) is 6.58 Å². The van der Waals surface area contributed by atoms with Crippen molar-refractivity contribution in [1.29, 1.82) is 0 Å². The van der Waals surface area contributed by atoms with Gasteiger partial charge in [0.1, 0.15) is 0 Å². The van der Waals surface area contributed by atoms with Crippen LogP contribution < -0.4 is 10.6 Å². The molecule has 3 atom stereocenters. The molecule has 4 rings (SSSR count). The van der Waals surface area contributed by atoms with E-state index < -0.39 is 0 Å². The van der Waals surface area contributed by atoms with Crippen molar-refractivity contribution in [2.45, 2.75) is 18.6 Å². The Morgan fingerprint density at radius 3 is 2.86 bits per heavy atom. The van der Waals surface area contributed by atoms with Crippen LogP contribution in [0.15, 0.2) is 120 Å². The second-order valence-electron chi connectivity index (χ2n) is 7.35. The van der Waals surface area contributed by atoms with E-state index in [1.54, 1.807) is 0 Å². The Balaban J connectivity index is 1.52. The maximum atomic E-state index is 4.44. The van der Waals surface area contributed by atoms with Gasteiger partial charge in [0.05, 0.1) is 0 Å². The fourth-order valence-corrected chi connectivity index (χ4v) is 3.84. The average molecular weight is 382 g/mol. The van der Waals surface area contributed by atoms with Crippen LogP contribution in [0.4, 0.5) is 0 Å². The number of hydrogen-bond donors (Lipinski definition) is 2. The summed E-state index contributed by atoms with van der Waals surface area (Å²) in [6, 6.07) is 10.7. The SMILES string of the molecule is C=CCNC1N=CC=C(C2C=CC=CC(C3=CC=CC(c4ccccc4)C3)=C2)N1. The smallest absolute Gasteiger partial charge is 0.173 e. The van der Waals surface area contributed by atoms with E-state index in [-0.39, 0.29) is 12.2 Å². The van der Waals surface area contributed by atoms with Gasteiger partial charge in [0.15, 0.2) is 6.29 Å². The van der Waals surface area contributed by atoms with Gasteiger partial charge >= 0.3 is 0 Å². The molecule has 1 aliphatic heterocycles. The lowest BCUT2D eigenvalue weighted by Gasteiger charge is -2.25. The highest BCUT2D eigenvalue weighted by Gasteiger charge is 2.19. The minimum Gasteiger partial charge on any atom is -0.354 e. The van der Waals surface area contributed by atoms with Crippen LogP contribution in [0.2, 0.25) is 0 Å². The molecule has 1 aromatic rings. The second-order valence-corrected chi connectivity index (χ2v) is 7.35. The predicted molar refractivity (Wildman–Crippen MR) is 123 cm³/mol. The van der Waals surface area contributed by atoms with Crippen LogP contribution in [0.5, 0.6) is 0 Å². The zero-order chi connectivity index (χ0) is 19.9. The molecule has 3 heteroatoms. The van der Waals surface area contributed by atoms with Gasteiger partial charge in [-0.05, 0) is 29.2 Å². The third kappa shape index (κ3) is 4.82. The third-order valence-corrected chi connectivity index (χ3v) is 5.35. The lowest BCUT2D eigenvalue weighted by molar-refractivity contribution is 0.483. The van der Waals surface area contributed by atoms with Crippen LogP contribution in [-0.4, -0.2) is 19.0 Å². The van der Waals surface area contributed by atoms with Crippen LogP contribution in [0.25, 0.3) is 0 Å². The Morgan fingerprint density at radius 1 is 1.10 bits per heavy atom. The van der Waals surface area contributed by atoms with E-state index in [9.17, 15) is 0 Å². The summed E-state index contributed by atoms with van der Waals surface area (Å²) in [6.45, 7) is 4.47. The first-order valence-corrected chi connectivity index (χ1v) is 10.2. The van der Waals surface area contributed by atoms with Crippen LogP contribution in [0.1, 0.15) is 17.9 Å². The van der Waals surface area contributed by atoms with Crippen molar-refractivity contribution in [1.82, 2.24) is 10.6 Å². The Labute approximate surface area is 173 Å². The highest BCUT2D eigenvalue weighted by atomic mass is 15.3. The molecule has 3 unspecified atom stereocenters. The van der Waals surface area contributed by atoms with Gasteiger partial charge in [0.2, 0.25) is 0 Å². The minimum absolute atomic E-state index is 0.117. The van der Waals surface area contributed by atoms with Crippen molar-refractivity contribution in [2.24, 2.45) is 10.9 Å². The fourth-order valence-electron chi connectivity index (χ4n) is 3.84. The summed E-state index contributed by atoms with van der Waals surface area (Å²) in [7, 11) is 0. The van der Waals surface area contributed by atoms with Gasteiger partial charge in [0, 0.05) is 30.3 Å². The van der Waals surface area contributed by atoms with Crippen molar-refractivity contribution in [3.63, 3.8) is 0 Å². The highest BCUT2D eigenvalue weighted by Crippen LogP contribution is 2.34. The molecule has 0 saturated carbocycles. The fraction of sp³-hybridized carbons (Fsp3) is 0.192. The summed E-state index contributed by atoms with van der Waals surface area (Å²) in [6.07, 6.45) is 24.5. The molecule has 2 aliphatic carbocycles. The molecule has 29 heavy (non-hydrogen) atoms. The summed E-state index contributed by atoms with van der Waals surface area (Å²) >= 11 is 0. The molecule has 0 fully saturated rings. The van der Waals surface area contributed by atoms with E-state index in [4.69, 9.17) is 0 Å². The number of hydrogen-bond acceptors (Lipinski definition) is 3. The van der Waals surface area contributed by atoms with E-state index in [2.05, 4.69) is 107 Å². The van der Waals surface area contributed by atoms with E-state index in [0.29, 0.717) is 12.5 Å². The van der Waals surface area contributed by atoms with Gasteiger partial charge in [-0.3, -0.25) is 10.3 Å². The molecule has 0 spiro atoms. The van der Waals surface area contributed by atoms with Gasteiger partial charge in [0.25, 0.3) is 0 Å². The molecule has 3 aliphatic rings. The number of aliphatic imine (C=N–C) groups is 1. The molecule has 2 N–H and O–H groups in total. The number of allylic oxidation sites excluding steroid dienone is 10. The predicted octanol–water partition coefficient (Wildman–Crippen LogP) is 4.94. The van der Waals surface area contributed by atoms with E-state index in [1.807, 2.05) is 12.3 Å². The summed E-state index contributed by atoms with van der Waals surface area (Å²) < 4.78 is 0. The van der Waals surface area contributed by atoms with E-state index >= 15 is 0 Å². The molecular formula is C26H27N3. The average Bonchev–Trinajstić information content (AvgIpc) is 3.05. The minimum atomic E-state index is -0.117. The largest absolute Gasteiger partial charge is 0.354 e. The monoisotopic (exact) mass is 381 g/mol. The second kappa shape index (κ2) is 9.35. The zero-order valence-corrected chi connectivity index (χ0v) is 16.5. The summed E-state index contributed by atoms with van der Waals surface area (Å²) in [5.74, 6) is 0.605. The van der Waals surface area contributed by atoms with Crippen LogP contribution >= 0.6 is 0 Å². The third-order valence-electron chi connectivity index (χ3n) is 5.35. The molecule has 146 valence electrons. The Bertz CT molecular complexity index is 941. The summed E-state index contributed by atoms with van der Waals surface area (Å²) in [5.41, 5.74) is 5.17. The lowest BCUT2D eigenvalue weighted by Crippen LogP contribution is -2.43. The number of nitrogens with zero attached hydrogens (tertiary/aromatic N) is 1. The first kappa shape index (κ1) is 19.2. The number of benzene rings is 1. The standard InChI is InChI=1S/C26H27N3/c1-2-16-27-26-28-17-15-25(29-26)24-12-7-6-11-22(19-24)23-14-8-13-21(18-23)20-9-4-3-5-10-20/h2-15,17,19,21,24,26-27,29H,1,16,18H2. The van der Waals surface area contributed by atoms with Crippen molar-refractivity contribution < 1.29 is 0 Å². The maximum absolute atomic E-state index is 4.44. The first-order valence-electron chi connectivity index (χ1n) is 10.2. The van der Waals surface area contributed by atoms with E-state index in [1.165, 1.54) is 16.7 Å². The molecule has 0 bridgehead atoms. The molecule has 0 amide bonds. The molecule has 0 saturated heterocycles. The Kier molecular flexibility index (Phi) is 6.18. The first-order chi connectivity index (χ1) is 14.3. The molecule has 0 radical (unpaired) electrons. The molecular weight excluding hydrogens is 354 g/mol. The van der Waals surface area contributed by atoms with Crippen LogP contribution in [0.3, 0.4) is 0 Å². The van der Waals surface area contributed by atoms with Crippen molar-refractivity contribution in [2.75, 3.05) is 6.54 Å². The quantitative estimate of drug-likeness (QED) is 0.685. The maximum Gasteiger partial charge on any atom is 0.173 e. The van der Waals surface area contributed by atoms with Crippen LogP contribution in [-0.2, 0) is 0 Å². The highest BCUT2D eigenvalue weighted by molar-refractivity contribution is 5.73. The summed E-state index contributed by atoms with van der Waals surface area (Å²) in [5, 5.41) is 6.80. The topological polar surface area (TPSA) is 36.4 Å².